The quantitative estimate of drug-likeness (QED) is 0.644. The minimum absolute atomic E-state index is 0.0696. The van der Waals surface area contributed by atoms with Gasteiger partial charge in [-0.1, -0.05) is 36.4 Å². The highest BCUT2D eigenvalue weighted by atomic mass is 15.4. The number of nitrogens with zero attached hydrogens (tertiary/aromatic N) is 3. The summed E-state index contributed by atoms with van der Waals surface area (Å²) in [6.07, 6.45) is 5.11. The molecule has 3 rings (SSSR count). The lowest BCUT2D eigenvalue weighted by Crippen LogP contribution is -2.33. The predicted octanol–water partition coefficient (Wildman–Crippen LogP) is 1.92. The Morgan fingerprint density at radius 2 is 2.30 bits per heavy atom. The topological polar surface area (TPSA) is 68.8 Å². The van der Waals surface area contributed by atoms with E-state index in [4.69, 9.17) is 5.84 Å². The minimum atomic E-state index is 0.0696. The first-order valence-electron chi connectivity index (χ1n) is 7.27. The van der Waals surface area contributed by atoms with Crippen LogP contribution in [-0.2, 0) is 13.0 Å². The fourth-order valence-corrected chi connectivity index (χ4v) is 3.24. The van der Waals surface area contributed by atoms with Crippen molar-refractivity contribution in [2.24, 2.45) is 5.84 Å². The number of hydrogen-bond donors (Lipinski definition) is 2. The molecule has 1 aromatic heterocycles. The van der Waals surface area contributed by atoms with Crippen LogP contribution in [0.25, 0.3) is 0 Å². The largest absolute Gasteiger partial charge is 0.271 e. The van der Waals surface area contributed by atoms with Gasteiger partial charge in [-0.05, 0) is 30.4 Å². The molecule has 2 atom stereocenters. The number of aryl methyl sites for hydroxylation is 2. The highest BCUT2D eigenvalue weighted by Gasteiger charge is 2.32. The van der Waals surface area contributed by atoms with Gasteiger partial charge in [0.2, 0.25) is 0 Å². The molecule has 0 saturated heterocycles. The van der Waals surface area contributed by atoms with E-state index in [-0.39, 0.29) is 6.04 Å². The number of benzene rings is 1. The standard InChI is InChI=1S/C15H21N5/c1-2-9-20-14(10-17-19-20)15(18-16)13-8-7-11-5-3-4-6-12(11)13/h3-6,10,13,15,18H,2,7-9,16H2,1H3. The van der Waals surface area contributed by atoms with Gasteiger partial charge in [0.05, 0.1) is 17.9 Å². The van der Waals surface area contributed by atoms with Crippen molar-refractivity contribution in [3.05, 3.63) is 47.3 Å². The van der Waals surface area contributed by atoms with Gasteiger partial charge in [0.25, 0.3) is 0 Å². The first-order chi connectivity index (χ1) is 9.85. The molecule has 1 aliphatic carbocycles. The number of aromatic nitrogens is 3. The highest BCUT2D eigenvalue weighted by molar-refractivity contribution is 5.37. The van der Waals surface area contributed by atoms with Crippen LogP contribution in [0.3, 0.4) is 0 Å². The molecule has 0 saturated carbocycles. The normalized spacial score (nSPS) is 19.0. The van der Waals surface area contributed by atoms with Crippen LogP contribution in [0.5, 0.6) is 0 Å². The molecule has 2 aromatic rings. The third kappa shape index (κ3) is 2.23. The van der Waals surface area contributed by atoms with Crippen molar-refractivity contribution < 1.29 is 0 Å². The Balaban J connectivity index is 1.93. The molecule has 0 radical (unpaired) electrons. The molecular formula is C15H21N5. The van der Waals surface area contributed by atoms with E-state index < -0.39 is 0 Å². The summed E-state index contributed by atoms with van der Waals surface area (Å²) in [5.74, 6) is 6.24. The number of hydrogen-bond acceptors (Lipinski definition) is 4. The molecular weight excluding hydrogens is 250 g/mol. The van der Waals surface area contributed by atoms with Gasteiger partial charge in [0.1, 0.15) is 0 Å². The van der Waals surface area contributed by atoms with Crippen LogP contribution in [0.2, 0.25) is 0 Å². The molecule has 5 heteroatoms. The summed E-state index contributed by atoms with van der Waals surface area (Å²) in [7, 11) is 0. The Kier molecular flexibility index (Phi) is 3.80. The molecule has 106 valence electrons. The highest BCUT2D eigenvalue weighted by Crippen LogP contribution is 2.40. The van der Waals surface area contributed by atoms with Crippen molar-refractivity contribution in [3.63, 3.8) is 0 Å². The SMILES string of the molecule is CCCn1nncc1C(NN)C1CCc2ccccc21. The van der Waals surface area contributed by atoms with Crippen molar-refractivity contribution in [3.8, 4) is 0 Å². The maximum atomic E-state index is 5.85. The first-order valence-corrected chi connectivity index (χ1v) is 7.27. The third-order valence-electron chi connectivity index (χ3n) is 4.16. The fourth-order valence-electron chi connectivity index (χ4n) is 3.24. The molecule has 1 heterocycles. The van der Waals surface area contributed by atoms with Crippen LogP contribution in [-0.4, -0.2) is 15.0 Å². The van der Waals surface area contributed by atoms with Crippen LogP contribution < -0.4 is 11.3 Å². The third-order valence-corrected chi connectivity index (χ3v) is 4.16. The number of rotatable bonds is 5. The number of hydrazine groups is 1. The van der Waals surface area contributed by atoms with Gasteiger partial charge in [0, 0.05) is 12.5 Å². The number of nitrogens with two attached hydrogens (primary N) is 1. The van der Waals surface area contributed by atoms with Crippen LogP contribution in [0.15, 0.2) is 30.5 Å². The van der Waals surface area contributed by atoms with Gasteiger partial charge in [-0.3, -0.25) is 11.3 Å². The monoisotopic (exact) mass is 271 g/mol. The molecule has 1 aromatic carbocycles. The maximum Gasteiger partial charge on any atom is 0.0776 e. The lowest BCUT2D eigenvalue weighted by atomic mass is 9.91. The predicted molar refractivity (Wildman–Crippen MR) is 77.9 cm³/mol. The molecule has 0 bridgehead atoms. The summed E-state index contributed by atoms with van der Waals surface area (Å²) >= 11 is 0. The molecule has 3 N–H and O–H groups in total. The summed E-state index contributed by atoms with van der Waals surface area (Å²) in [4.78, 5) is 0. The van der Waals surface area contributed by atoms with E-state index in [0.29, 0.717) is 5.92 Å². The van der Waals surface area contributed by atoms with Gasteiger partial charge in [0.15, 0.2) is 0 Å². The summed E-state index contributed by atoms with van der Waals surface area (Å²) in [5.41, 5.74) is 6.90. The molecule has 20 heavy (non-hydrogen) atoms. The van der Waals surface area contributed by atoms with Gasteiger partial charge in [-0.2, -0.15) is 0 Å². The lowest BCUT2D eigenvalue weighted by Gasteiger charge is -2.24. The summed E-state index contributed by atoms with van der Waals surface area (Å²) in [6, 6.07) is 8.71. The van der Waals surface area contributed by atoms with Gasteiger partial charge >= 0.3 is 0 Å². The lowest BCUT2D eigenvalue weighted by molar-refractivity contribution is 0.412. The maximum absolute atomic E-state index is 5.85. The van der Waals surface area contributed by atoms with Crippen molar-refractivity contribution >= 4 is 0 Å². The Morgan fingerprint density at radius 1 is 1.45 bits per heavy atom. The van der Waals surface area contributed by atoms with E-state index >= 15 is 0 Å². The molecule has 5 nitrogen and oxygen atoms in total. The molecule has 1 aliphatic rings. The van der Waals surface area contributed by atoms with Gasteiger partial charge in [-0.25, -0.2) is 4.68 Å². The van der Waals surface area contributed by atoms with E-state index in [0.717, 1.165) is 31.5 Å². The Hall–Kier alpha value is -1.72. The average Bonchev–Trinajstić information content (AvgIpc) is 3.09. The molecule has 2 unspecified atom stereocenters. The van der Waals surface area contributed by atoms with Crippen LogP contribution >= 0.6 is 0 Å². The Bertz CT molecular complexity index is 577. The van der Waals surface area contributed by atoms with Crippen LogP contribution in [0.4, 0.5) is 0 Å². The van der Waals surface area contributed by atoms with Gasteiger partial charge < -0.3 is 0 Å². The zero-order valence-corrected chi connectivity index (χ0v) is 11.8. The Morgan fingerprint density at radius 3 is 3.10 bits per heavy atom. The summed E-state index contributed by atoms with van der Waals surface area (Å²) in [5, 5.41) is 8.23. The summed E-state index contributed by atoms with van der Waals surface area (Å²) < 4.78 is 1.96. The van der Waals surface area contributed by atoms with Crippen molar-refractivity contribution in [2.45, 2.75) is 44.7 Å². The van der Waals surface area contributed by atoms with Crippen LogP contribution in [0, 0.1) is 0 Å². The second-order valence-electron chi connectivity index (χ2n) is 5.37. The van der Waals surface area contributed by atoms with Crippen molar-refractivity contribution in [1.29, 1.82) is 0 Å². The van der Waals surface area contributed by atoms with E-state index in [1.54, 1.807) is 0 Å². The van der Waals surface area contributed by atoms with Crippen molar-refractivity contribution in [1.82, 2.24) is 20.4 Å². The average molecular weight is 271 g/mol. The molecule has 0 spiro atoms. The van der Waals surface area contributed by atoms with E-state index in [2.05, 4.69) is 46.9 Å². The zero-order valence-electron chi connectivity index (χ0n) is 11.8. The fraction of sp³-hybridized carbons (Fsp3) is 0.467. The zero-order chi connectivity index (χ0) is 13.9. The number of nitrogens with one attached hydrogen (secondary N) is 1. The van der Waals surface area contributed by atoms with Crippen molar-refractivity contribution in [2.75, 3.05) is 0 Å². The molecule has 0 fully saturated rings. The minimum Gasteiger partial charge on any atom is -0.271 e. The molecule has 0 amide bonds. The van der Waals surface area contributed by atoms with E-state index in [1.165, 1.54) is 11.1 Å². The molecule has 0 aliphatic heterocycles. The smallest absolute Gasteiger partial charge is 0.0776 e. The van der Waals surface area contributed by atoms with E-state index in [9.17, 15) is 0 Å². The second-order valence-corrected chi connectivity index (χ2v) is 5.37. The first kappa shape index (κ1) is 13.3. The van der Waals surface area contributed by atoms with E-state index in [1.807, 2.05) is 10.9 Å². The van der Waals surface area contributed by atoms with Crippen LogP contribution in [0.1, 0.15) is 48.5 Å². The summed E-state index contributed by atoms with van der Waals surface area (Å²) in [6.45, 7) is 3.02. The Labute approximate surface area is 119 Å². The van der Waals surface area contributed by atoms with Gasteiger partial charge in [-0.15, -0.1) is 5.10 Å². The second kappa shape index (κ2) is 5.73. The number of fused-ring (bicyclic) bond motifs is 1.